The molecule has 0 radical (unpaired) electrons. The molecule has 0 bridgehead atoms. The molecule has 1 aromatic carbocycles. The van der Waals surface area contributed by atoms with Crippen LogP contribution in [-0.2, 0) is 9.53 Å². The number of ether oxygens (including phenoxy) is 1. The number of nitrogens with zero attached hydrogens (tertiary/aromatic N) is 4. The Morgan fingerprint density at radius 3 is 2.75 bits per heavy atom. The van der Waals surface area contributed by atoms with Crippen LogP contribution in [0.3, 0.4) is 0 Å². The number of furan rings is 1. The van der Waals surface area contributed by atoms with Crippen molar-refractivity contribution in [1.29, 1.82) is 0 Å². The SMILES string of the molecule is CCOC(=O)C1=C(c2ccccc2)N=c2s/c(=C/c3ccc(Sc4nccc(C)n4)o3)c(=O)n2[C@@H]1c1cccs1. The fourth-order valence-electron chi connectivity index (χ4n) is 4.32. The maximum atomic E-state index is 13.9. The molecule has 40 heavy (non-hydrogen) atoms. The molecular weight excluding hydrogens is 565 g/mol. The standard InChI is InChI=1S/C29H22N4O4S3/c1-3-36-27(35)23-24(18-8-5-4-6-9-18)32-29-33(25(23)20-10-7-15-38-20)26(34)21(39-29)16-19-11-12-22(37-19)40-28-30-14-13-17(2)31-28/h4-16,25H,3H2,1-2H3/b21-16+/t25-/m1/s1. The van der Waals surface area contributed by atoms with E-state index in [-0.39, 0.29) is 12.2 Å². The predicted octanol–water partition coefficient (Wildman–Crippen LogP) is 4.84. The molecule has 0 fully saturated rings. The minimum Gasteiger partial charge on any atom is -0.463 e. The van der Waals surface area contributed by atoms with Gasteiger partial charge in [-0.05, 0) is 55.3 Å². The van der Waals surface area contributed by atoms with E-state index in [1.54, 1.807) is 29.8 Å². The van der Waals surface area contributed by atoms with E-state index in [1.165, 1.54) is 34.4 Å². The summed E-state index contributed by atoms with van der Waals surface area (Å²) in [6.07, 6.45) is 3.40. The quantitative estimate of drug-likeness (QED) is 0.199. The number of aryl methyl sites for hydroxylation is 1. The summed E-state index contributed by atoms with van der Waals surface area (Å²) in [7, 11) is 0. The first-order chi connectivity index (χ1) is 19.5. The molecular formula is C29H22N4O4S3. The third-order valence-corrected chi connectivity index (χ3v) is 8.73. The summed E-state index contributed by atoms with van der Waals surface area (Å²) < 4.78 is 13.5. The summed E-state index contributed by atoms with van der Waals surface area (Å²) in [6.45, 7) is 3.87. The topological polar surface area (TPSA) is 99.6 Å². The van der Waals surface area contributed by atoms with Gasteiger partial charge in [0, 0.05) is 28.4 Å². The lowest BCUT2D eigenvalue weighted by Gasteiger charge is -2.24. The third kappa shape index (κ3) is 5.10. The van der Waals surface area contributed by atoms with Crippen LogP contribution in [0.15, 0.2) is 102 Å². The van der Waals surface area contributed by atoms with Crippen molar-refractivity contribution in [2.45, 2.75) is 30.1 Å². The first-order valence-electron chi connectivity index (χ1n) is 12.4. The number of hydrogen-bond acceptors (Lipinski definition) is 10. The van der Waals surface area contributed by atoms with Crippen LogP contribution in [0, 0.1) is 6.92 Å². The Hall–Kier alpha value is -4.06. The number of thiophene rings is 1. The van der Waals surface area contributed by atoms with Gasteiger partial charge in [-0.15, -0.1) is 11.3 Å². The molecule has 0 aliphatic carbocycles. The minimum atomic E-state index is -0.672. The van der Waals surface area contributed by atoms with Crippen LogP contribution in [0.25, 0.3) is 11.8 Å². The zero-order valence-electron chi connectivity index (χ0n) is 21.4. The van der Waals surface area contributed by atoms with Crippen molar-refractivity contribution in [2.24, 2.45) is 4.99 Å². The van der Waals surface area contributed by atoms with E-state index < -0.39 is 12.0 Å². The molecule has 1 aliphatic rings. The molecule has 8 nitrogen and oxygen atoms in total. The molecule has 200 valence electrons. The molecule has 5 heterocycles. The molecule has 1 aliphatic heterocycles. The second kappa shape index (κ2) is 11.2. The van der Waals surface area contributed by atoms with Gasteiger partial charge >= 0.3 is 5.97 Å². The molecule has 0 saturated carbocycles. The van der Waals surface area contributed by atoms with Crippen molar-refractivity contribution in [1.82, 2.24) is 14.5 Å². The van der Waals surface area contributed by atoms with Gasteiger partial charge in [-0.2, -0.15) is 0 Å². The van der Waals surface area contributed by atoms with Gasteiger partial charge in [0.05, 0.1) is 22.4 Å². The van der Waals surface area contributed by atoms with Gasteiger partial charge in [0.2, 0.25) is 0 Å². The maximum Gasteiger partial charge on any atom is 0.338 e. The molecule has 0 spiro atoms. The highest BCUT2D eigenvalue weighted by molar-refractivity contribution is 7.99. The molecule has 11 heteroatoms. The Morgan fingerprint density at radius 1 is 1.15 bits per heavy atom. The van der Waals surface area contributed by atoms with Crippen LogP contribution < -0.4 is 14.9 Å². The lowest BCUT2D eigenvalue weighted by Crippen LogP contribution is -2.39. The van der Waals surface area contributed by atoms with E-state index in [4.69, 9.17) is 14.1 Å². The Labute approximate surface area is 241 Å². The number of thiazole rings is 1. The second-order valence-corrected chi connectivity index (χ2v) is 11.6. The lowest BCUT2D eigenvalue weighted by atomic mass is 9.97. The van der Waals surface area contributed by atoms with Gasteiger partial charge in [0.25, 0.3) is 5.56 Å². The zero-order chi connectivity index (χ0) is 27.6. The first-order valence-corrected chi connectivity index (χ1v) is 14.9. The molecule has 6 rings (SSSR count). The number of esters is 1. The summed E-state index contributed by atoms with van der Waals surface area (Å²) >= 11 is 4.03. The van der Waals surface area contributed by atoms with Gasteiger partial charge in [0.15, 0.2) is 15.1 Å². The fourth-order valence-corrected chi connectivity index (χ4v) is 6.88. The molecule has 0 saturated heterocycles. The second-order valence-electron chi connectivity index (χ2n) is 8.69. The summed E-state index contributed by atoms with van der Waals surface area (Å²) in [6, 6.07) is 18.1. The van der Waals surface area contributed by atoms with Crippen molar-refractivity contribution in [2.75, 3.05) is 6.61 Å². The van der Waals surface area contributed by atoms with Gasteiger partial charge in [-0.1, -0.05) is 47.7 Å². The van der Waals surface area contributed by atoms with Gasteiger partial charge in [0.1, 0.15) is 11.8 Å². The van der Waals surface area contributed by atoms with E-state index >= 15 is 0 Å². The van der Waals surface area contributed by atoms with E-state index in [9.17, 15) is 9.59 Å². The molecule has 0 amide bonds. The highest BCUT2D eigenvalue weighted by Gasteiger charge is 2.35. The number of fused-ring (bicyclic) bond motifs is 1. The van der Waals surface area contributed by atoms with Crippen molar-refractivity contribution >= 4 is 52.2 Å². The van der Waals surface area contributed by atoms with E-state index in [0.717, 1.165) is 16.1 Å². The zero-order valence-corrected chi connectivity index (χ0v) is 23.9. The van der Waals surface area contributed by atoms with E-state index in [2.05, 4.69) is 9.97 Å². The summed E-state index contributed by atoms with van der Waals surface area (Å²) in [5.74, 6) is 0.0184. The summed E-state index contributed by atoms with van der Waals surface area (Å²) in [4.78, 5) is 42.1. The average molecular weight is 587 g/mol. The van der Waals surface area contributed by atoms with Crippen LogP contribution in [0.5, 0.6) is 0 Å². The normalized spacial score (nSPS) is 15.2. The number of benzene rings is 1. The van der Waals surface area contributed by atoms with Crippen LogP contribution in [0.2, 0.25) is 0 Å². The highest BCUT2D eigenvalue weighted by Crippen LogP contribution is 2.36. The van der Waals surface area contributed by atoms with E-state index in [0.29, 0.717) is 36.6 Å². The van der Waals surface area contributed by atoms with Crippen molar-refractivity contribution in [3.63, 3.8) is 0 Å². The summed E-state index contributed by atoms with van der Waals surface area (Å²) in [5.41, 5.74) is 2.21. The summed E-state index contributed by atoms with van der Waals surface area (Å²) in [5, 5.41) is 3.11. The number of carbonyl (C=O) groups is 1. The van der Waals surface area contributed by atoms with Crippen molar-refractivity contribution in [3.05, 3.63) is 119 Å². The van der Waals surface area contributed by atoms with Crippen molar-refractivity contribution < 1.29 is 13.9 Å². The first kappa shape index (κ1) is 26.2. The van der Waals surface area contributed by atoms with E-state index in [1.807, 2.05) is 66.9 Å². The lowest BCUT2D eigenvalue weighted by molar-refractivity contribution is -0.138. The van der Waals surface area contributed by atoms with Crippen molar-refractivity contribution in [3.8, 4) is 0 Å². The Morgan fingerprint density at radius 2 is 2.00 bits per heavy atom. The number of hydrogen-bond donors (Lipinski definition) is 0. The largest absolute Gasteiger partial charge is 0.463 e. The monoisotopic (exact) mass is 586 g/mol. The van der Waals surface area contributed by atoms with Gasteiger partial charge in [-0.25, -0.2) is 19.8 Å². The van der Waals surface area contributed by atoms with Crippen LogP contribution in [0.1, 0.15) is 34.9 Å². The predicted molar refractivity (Wildman–Crippen MR) is 155 cm³/mol. The Kier molecular flexibility index (Phi) is 7.33. The average Bonchev–Trinajstić information content (AvgIpc) is 3.70. The minimum absolute atomic E-state index is 0.207. The third-order valence-electron chi connectivity index (χ3n) is 6.03. The number of aromatic nitrogens is 3. The van der Waals surface area contributed by atoms with Gasteiger partial charge in [-0.3, -0.25) is 9.36 Å². The smallest absolute Gasteiger partial charge is 0.338 e. The van der Waals surface area contributed by atoms with Crippen LogP contribution in [0.4, 0.5) is 0 Å². The van der Waals surface area contributed by atoms with Crippen LogP contribution in [-0.4, -0.2) is 27.1 Å². The molecule has 0 N–H and O–H groups in total. The Bertz CT molecular complexity index is 1900. The number of carbonyl (C=O) groups excluding carboxylic acids is 1. The van der Waals surface area contributed by atoms with Crippen LogP contribution >= 0.6 is 34.4 Å². The molecule has 0 unspecified atom stereocenters. The maximum absolute atomic E-state index is 13.9. The Balaban J connectivity index is 1.48. The molecule has 1 atom stereocenters. The number of rotatable bonds is 7. The highest BCUT2D eigenvalue weighted by atomic mass is 32.2. The molecule has 4 aromatic heterocycles. The fraction of sp³-hybridized carbons (Fsp3) is 0.138. The molecule has 5 aromatic rings. The van der Waals surface area contributed by atoms with Gasteiger partial charge < -0.3 is 9.15 Å².